The molecule has 9 aromatic rings. The fraction of sp³-hybridized carbons (Fsp3) is 0.202. The van der Waals surface area contributed by atoms with Crippen molar-refractivity contribution in [2.75, 3.05) is 42.7 Å². The molecule has 14 nitrogen and oxygen atoms in total. The van der Waals surface area contributed by atoms with Crippen LogP contribution in [0.5, 0.6) is 51.7 Å². The van der Waals surface area contributed by atoms with Gasteiger partial charge in [0, 0.05) is 62.5 Å². The van der Waals surface area contributed by atoms with Crippen molar-refractivity contribution in [3.63, 3.8) is 0 Å². The van der Waals surface area contributed by atoms with Crippen molar-refractivity contribution >= 4 is 69.0 Å². The number of benzene rings is 7. The summed E-state index contributed by atoms with van der Waals surface area (Å²) in [4.78, 5) is 45.9. The third-order valence-corrected chi connectivity index (χ3v) is 18.1. The summed E-state index contributed by atoms with van der Waals surface area (Å²) in [6.45, 7) is 5.96. The second-order valence-corrected chi connectivity index (χ2v) is 24.3. The Labute approximate surface area is 585 Å². The molecule has 0 saturated heterocycles. The van der Waals surface area contributed by atoms with Gasteiger partial charge in [-0.1, -0.05) is 48.5 Å². The molecule has 0 amide bonds. The second-order valence-electron chi connectivity index (χ2n) is 24.3. The van der Waals surface area contributed by atoms with Gasteiger partial charge in [0.05, 0.1) is 42.7 Å². The molecule has 0 bridgehead atoms. The Morgan fingerprint density at radius 3 is 1.05 bits per heavy atom. The number of phenolic OH excluding ortho intramolecular Hbond substituents is 3. The van der Waals surface area contributed by atoms with E-state index in [1.54, 1.807) is 91.5 Å². The number of carbonyl (C=O) groups is 3. The molecule has 0 unspecified atom stereocenters. The van der Waals surface area contributed by atoms with Gasteiger partial charge < -0.3 is 43.7 Å². The van der Waals surface area contributed by atoms with Crippen LogP contribution in [-0.2, 0) is 22.4 Å². The molecule has 17 heteroatoms. The first-order valence-electron chi connectivity index (χ1n) is 32.7. The van der Waals surface area contributed by atoms with Gasteiger partial charge in [0.2, 0.25) is 17.2 Å². The van der Waals surface area contributed by atoms with Crippen molar-refractivity contribution < 1.29 is 71.3 Å². The zero-order valence-electron chi connectivity index (χ0n) is 57.6. The van der Waals surface area contributed by atoms with Gasteiger partial charge in [-0.15, -0.1) is 0 Å². The number of allylic oxidation sites excluding steroid dienone is 9. The van der Waals surface area contributed by atoms with Gasteiger partial charge >= 0.3 is 0 Å². The van der Waals surface area contributed by atoms with Crippen LogP contribution < -0.4 is 28.4 Å². The van der Waals surface area contributed by atoms with Crippen LogP contribution in [0.15, 0.2) is 187 Å². The topological polar surface area (TPSA) is 193 Å². The quantitative estimate of drug-likeness (QED) is 0.0512. The van der Waals surface area contributed by atoms with Crippen LogP contribution in [0.4, 0.5) is 13.2 Å². The number of pyridine rings is 2. The van der Waals surface area contributed by atoms with Crippen molar-refractivity contribution in [2.24, 2.45) is 0 Å². The van der Waals surface area contributed by atoms with Gasteiger partial charge in [0.15, 0.2) is 40.3 Å². The molecule has 12 rings (SSSR count). The van der Waals surface area contributed by atoms with E-state index in [0.29, 0.717) is 91.4 Å². The van der Waals surface area contributed by atoms with E-state index < -0.39 is 0 Å². The molecule has 2 heterocycles. The normalized spacial score (nSPS) is 13.8. The Bertz CT molecular complexity index is 4550. The largest absolute Gasteiger partial charge is 0.502 e. The minimum atomic E-state index is -0.327. The Morgan fingerprint density at radius 2 is 0.723 bits per heavy atom. The molecule has 0 spiro atoms. The monoisotopic (exact) mass is 1360 g/mol. The minimum Gasteiger partial charge on any atom is -0.502 e. The average Bonchev–Trinajstić information content (AvgIpc) is 1.63. The number of ketones is 3. The van der Waals surface area contributed by atoms with Crippen LogP contribution in [0, 0.1) is 17.5 Å². The van der Waals surface area contributed by atoms with Gasteiger partial charge in [-0.05, 0) is 267 Å². The van der Waals surface area contributed by atoms with Gasteiger partial charge in [-0.25, -0.2) is 13.2 Å². The number of aromatic hydroxyl groups is 3. The number of hydrogen-bond acceptors (Lipinski definition) is 14. The zero-order valence-corrected chi connectivity index (χ0v) is 57.6. The van der Waals surface area contributed by atoms with E-state index in [9.17, 15) is 42.9 Å². The van der Waals surface area contributed by atoms with Crippen molar-refractivity contribution in [3.05, 3.63) is 271 Å². The number of halogens is 3. The van der Waals surface area contributed by atoms with E-state index in [1.165, 1.54) is 79.1 Å². The summed E-state index contributed by atoms with van der Waals surface area (Å²) >= 11 is 0. The number of nitrogens with zero attached hydrogens (tertiary/aromatic N) is 2. The van der Waals surface area contributed by atoms with Crippen molar-refractivity contribution in [3.8, 4) is 51.7 Å². The summed E-state index contributed by atoms with van der Waals surface area (Å²) in [5, 5.41) is 30.7. The number of phenols is 3. The zero-order chi connectivity index (χ0) is 72.0. The third-order valence-electron chi connectivity index (χ3n) is 18.1. The maximum atomic E-state index is 14.2. The highest BCUT2D eigenvalue weighted by atomic mass is 19.1. The summed E-state index contributed by atoms with van der Waals surface area (Å²) in [5.41, 5.74) is 18.5. The highest BCUT2D eigenvalue weighted by molar-refractivity contribution is 6.08. The lowest BCUT2D eigenvalue weighted by Gasteiger charge is -2.11. The number of Topliss-reactive ketones (excluding diaryl/α,β-unsaturated/α-hetero) is 3. The van der Waals surface area contributed by atoms with Crippen molar-refractivity contribution in [1.82, 2.24) is 9.97 Å². The summed E-state index contributed by atoms with van der Waals surface area (Å²) in [6.07, 6.45) is 15.7. The first kappa shape index (κ1) is 72.0. The number of fused-ring (bicyclic) bond motifs is 3. The van der Waals surface area contributed by atoms with Crippen LogP contribution in [0.1, 0.15) is 131 Å². The summed E-state index contributed by atoms with van der Waals surface area (Å²) in [5.74, 6) is 0.891. The molecule has 3 aliphatic carbocycles. The van der Waals surface area contributed by atoms with Crippen molar-refractivity contribution in [1.29, 1.82) is 0 Å². The summed E-state index contributed by atoms with van der Waals surface area (Å²) in [6, 6.07) is 41.3. The Morgan fingerprint density at radius 1 is 0.386 bits per heavy atom. The Hall–Kier alpha value is -11.7. The molecule has 0 atom stereocenters. The second kappa shape index (κ2) is 32.8. The van der Waals surface area contributed by atoms with Gasteiger partial charge in [0.1, 0.15) is 29.0 Å². The third kappa shape index (κ3) is 16.7. The number of carbonyl (C=O) groups excluding carboxylic acids is 3. The summed E-state index contributed by atoms with van der Waals surface area (Å²) < 4.78 is 74.1. The van der Waals surface area contributed by atoms with Crippen LogP contribution in [0.2, 0.25) is 0 Å². The maximum absolute atomic E-state index is 14.2. The molecule has 7 aromatic carbocycles. The molecule has 3 N–H and O–H groups in total. The average molecular weight is 1360 g/mol. The highest BCUT2D eigenvalue weighted by Crippen LogP contribution is 2.50. The molecular weight excluding hydrogens is 1290 g/mol. The number of hydrogen-bond donors (Lipinski definition) is 3. The number of ether oxygens (including phenoxy) is 6. The first-order chi connectivity index (χ1) is 48.7. The highest BCUT2D eigenvalue weighted by Gasteiger charge is 2.29. The lowest BCUT2D eigenvalue weighted by atomic mass is 9.97. The van der Waals surface area contributed by atoms with Crippen molar-refractivity contribution in [2.45, 2.75) is 72.1 Å². The maximum Gasteiger partial charge on any atom is 0.200 e. The molecule has 516 valence electrons. The molecule has 101 heavy (non-hydrogen) atoms. The standard InChI is InChI=1S/C29H27FO4.C28H26FNO4.C27H24FNO4/c1-18-23(12-10-22(31)13-19-7-5-4-6-8-19)26-17-21(30)9-11-24(26)25(18)14-20-15-27(33-2)29(32)28(16-20)34-3;1-17-22(7-5-21(31)12-18-8-10-30-11-9-18)25-16-20(29)4-6-23(25)24(17)13-19-14-26(33-2)28(32)27(15-19)34-3;1-16-20(8-9-24(30)18-5-4-10-29-15-18)23-14-19(28)6-7-21(23)22(16)11-17-12-25(32-2)27(31)26(13-17)33-3/h4-9,11,14-17,32H,10,12-13H2,1-3H3;4,6,8-11,13-16,32H,5,7,12H2,1-3H3;4-7,10-15,31H,8-9H2,1-3H3/b25-14-;24-13-;22-11-. The molecule has 3 aliphatic rings. The summed E-state index contributed by atoms with van der Waals surface area (Å²) in [7, 11) is 8.86. The molecule has 0 fully saturated rings. The van der Waals surface area contributed by atoms with Crippen LogP contribution in [-0.4, -0.2) is 85.3 Å². The Balaban J connectivity index is 0.000000163. The molecular formula is C84H77F3N2O12. The van der Waals surface area contributed by atoms with Gasteiger partial charge in [-0.2, -0.15) is 0 Å². The van der Waals surface area contributed by atoms with E-state index in [-0.39, 0.29) is 52.0 Å². The van der Waals surface area contributed by atoms with E-state index in [1.807, 2.05) is 81.5 Å². The van der Waals surface area contributed by atoms with E-state index in [2.05, 4.69) is 9.97 Å². The van der Waals surface area contributed by atoms with Gasteiger partial charge in [0.25, 0.3) is 0 Å². The van der Waals surface area contributed by atoms with E-state index in [4.69, 9.17) is 28.4 Å². The molecule has 0 aliphatic heterocycles. The predicted molar refractivity (Wildman–Crippen MR) is 389 cm³/mol. The lowest BCUT2D eigenvalue weighted by molar-refractivity contribution is -0.119. The van der Waals surface area contributed by atoms with Crippen LogP contribution >= 0.6 is 0 Å². The minimum absolute atomic E-state index is 0.00760. The number of rotatable bonds is 23. The fourth-order valence-corrected chi connectivity index (χ4v) is 12.9. The molecule has 2 aromatic heterocycles. The Kier molecular flexibility index (Phi) is 23.4. The smallest absolute Gasteiger partial charge is 0.200 e. The van der Waals surface area contributed by atoms with Gasteiger partial charge in [-0.3, -0.25) is 24.4 Å². The number of methoxy groups -OCH3 is 6. The molecule has 0 radical (unpaired) electrons. The van der Waals surface area contributed by atoms with E-state index >= 15 is 0 Å². The predicted octanol–water partition coefficient (Wildman–Crippen LogP) is 18.3. The van der Waals surface area contributed by atoms with E-state index in [0.717, 1.165) is 111 Å². The fourth-order valence-electron chi connectivity index (χ4n) is 12.9. The SMILES string of the molecule is COc1cc(/C=C2/C(C)=C(CCC(=O)Cc3ccccc3)c3cc(F)ccc32)cc(OC)c1O.COc1cc(/C=C2/C(C)=C(CCC(=O)Cc3ccncc3)c3cc(F)ccc32)cc(OC)c1O.COc1cc(/C=C2/C(C)=C(CCC(=O)c3cccnc3)c3cc(F)ccc32)cc(OC)c1O. The van der Waals surface area contributed by atoms with Crippen LogP contribution in [0.25, 0.3) is 51.7 Å². The lowest BCUT2D eigenvalue weighted by Crippen LogP contribution is -2.03. The molecule has 0 saturated carbocycles. The first-order valence-corrected chi connectivity index (χ1v) is 32.7. The van der Waals surface area contributed by atoms with Crippen LogP contribution in [0.3, 0.4) is 0 Å². The number of aromatic nitrogens is 2.